The molecule has 2 heterocycles. The zero-order chi connectivity index (χ0) is 22.0. The predicted molar refractivity (Wildman–Crippen MR) is 118 cm³/mol. The van der Waals surface area contributed by atoms with Crippen molar-refractivity contribution >= 4 is 34.9 Å². The fourth-order valence-electron chi connectivity index (χ4n) is 3.82. The minimum absolute atomic E-state index is 0.221. The molecule has 4 rings (SSSR count). The second-order valence-electron chi connectivity index (χ2n) is 7.44. The highest BCUT2D eigenvalue weighted by Gasteiger charge is 2.43. The maximum Gasteiger partial charge on any atom is 0.321 e. The summed E-state index contributed by atoms with van der Waals surface area (Å²) in [5, 5.41) is 6.43. The van der Waals surface area contributed by atoms with Crippen LogP contribution in [0.1, 0.15) is 18.4 Å². The van der Waals surface area contributed by atoms with Gasteiger partial charge in [0.05, 0.1) is 19.9 Å². The van der Waals surface area contributed by atoms with Gasteiger partial charge in [-0.15, -0.1) is 0 Å². The van der Waals surface area contributed by atoms with Crippen molar-refractivity contribution in [2.24, 2.45) is 4.99 Å². The van der Waals surface area contributed by atoms with Gasteiger partial charge < -0.3 is 25.0 Å². The van der Waals surface area contributed by atoms with Gasteiger partial charge in [0, 0.05) is 42.6 Å². The Balaban J connectivity index is 1.44. The number of amides is 3. The van der Waals surface area contributed by atoms with E-state index in [4.69, 9.17) is 26.1 Å². The molecule has 0 aromatic heterocycles. The summed E-state index contributed by atoms with van der Waals surface area (Å²) in [6, 6.07) is 12.0. The van der Waals surface area contributed by atoms with Gasteiger partial charge in [-0.2, -0.15) is 0 Å². The molecule has 2 N–H and O–H groups in total. The Hall–Kier alpha value is -3.26. The lowest BCUT2D eigenvalue weighted by molar-refractivity contribution is -0.115. The lowest BCUT2D eigenvalue weighted by Crippen LogP contribution is -2.53. The van der Waals surface area contributed by atoms with Gasteiger partial charge in [0.25, 0.3) is 5.91 Å². The number of anilines is 1. The van der Waals surface area contributed by atoms with E-state index in [-0.39, 0.29) is 11.9 Å². The topological polar surface area (TPSA) is 92.3 Å². The summed E-state index contributed by atoms with van der Waals surface area (Å²) in [5.74, 6) is 0.938. The molecule has 9 heteroatoms. The van der Waals surface area contributed by atoms with Crippen molar-refractivity contribution < 1.29 is 19.1 Å². The van der Waals surface area contributed by atoms with Gasteiger partial charge in [0.1, 0.15) is 22.9 Å². The largest absolute Gasteiger partial charge is 0.497 e. The summed E-state index contributed by atoms with van der Waals surface area (Å²) < 4.78 is 10.5. The molecule has 8 nitrogen and oxygen atoms in total. The number of urea groups is 1. The van der Waals surface area contributed by atoms with Crippen LogP contribution in [-0.4, -0.2) is 55.5 Å². The van der Waals surface area contributed by atoms with Crippen LogP contribution in [0.15, 0.2) is 47.5 Å². The monoisotopic (exact) mass is 442 g/mol. The average molecular weight is 443 g/mol. The highest BCUT2D eigenvalue weighted by molar-refractivity contribution is 6.47. The van der Waals surface area contributed by atoms with Crippen LogP contribution in [0.3, 0.4) is 0 Å². The number of halogens is 1. The Bertz CT molecular complexity index is 1050. The predicted octanol–water partition coefficient (Wildman–Crippen LogP) is 3.30. The molecule has 2 aromatic carbocycles. The lowest BCUT2D eigenvalue weighted by atomic mass is 9.98. The van der Waals surface area contributed by atoms with Crippen molar-refractivity contribution in [3.63, 3.8) is 0 Å². The minimum Gasteiger partial charge on any atom is -0.497 e. The molecule has 1 saturated heterocycles. The standard InChI is InChI=1S/C22H23ClN4O4/c1-30-16-6-7-18(31-2)17(13-16)24-21(29)27-10-8-22(9-11-27)25-19(20(28)26-22)14-4-3-5-15(23)12-14/h3-7,12-13H,8-11H2,1-2H3,(H,24,29)(H,26,28). The van der Waals surface area contributed by atoms with Crippen LogP contribution in [0.5, 0.6) is 11.5 Å². The number of benzene rings is 2. The van der Waals surface area contributed by atoms with Crippen LogP contribution in [0, 0.1) is 0 Å². The van der Waals surface area contributed by atoms with Gasteiger partial charge in [-0.05, 0) is 24.3 Å². The third-order valence-electron chi connectivity index (χ3n) is 5.51. The third-order valence-corrected chi connectivity index (χ3v) is 5.75. The molecule has 0 atom stereocenters. The van der Waals surface area contributed by atoms with Crippen LogP contribution < -0.4 is 20.1 Å². The van der Waals surface area contributed by atoms with Gasteiger partial charge in [-0.3, -0.25) is 9.79 Å². The minimum atomic E-state index is -0.695. The molecule has 2 aromatic rings. The van der Waals surface area contributed by atoms with E-state index in [0.717, 1.165) is 0 Å². The first kappa shape index (κ1) is 21.0. The van der Waals surface area contributed by atoms with E-state index in [1.807, 2.05) is 6.07 Å². The number of rotatable bonds is 4. The molecular weight excluding hydrogens is 420 g/mol. The van der Waals surface area contributed by atoms with E-state index in [0.29, 0.717) is 59.4 Å². The van der Waals surface area contributed by atoms with Gasteiger partial charge in [-0.1, -0.05) is 23.7 Å². The van der Waals surface area contributed by atoms with Crippen LogP contribution in [0.4, 0.5) is 10.5 Å². The van der Waals surface area contributed by atoms with Crippen molar-refractivity contribution in [1.82, 2.24) is 10.2 Å². The van der Waals surface area contributed by atoms with E-state index >= 15 is 0 Å². The highest BCUT2D eigenvalue weighted by atomic mass is 35.5. The van der Waals surface area contributed by atoms with E-state index in [9.17, 15) is 9.59 Å². The number of carbonyl (C=O) groups excluding carboxylic acids is 2. The Morgan fingerprint density at radius 2 is 1.94 bits per heavy atom. The van der Waals surface area contributed by atoms with Crippen LogP contribution >= 0.6 is 11.6 Å². The quantitative estimate of drug-likeness (QED) is 0.759. The summed E-state index contributed by atoms with van der Waals surface area (Å²) in [4.78, 5) is 31.7. The number of methoxy groups -OCH3 is 2. The average Bonchev–Trinajstić information content (AvgIpc) is 3.09. The number of aliphatic imine (C=N–C) groups is 1. The van der Waals surface area contributed by atoms with Gasteiger partial charge in [0.2, 0.25) is 0 Å². The first-order valence-corrected chi connectivity index (χ1v) is 10.3. The number of hydrogen-bond donors (Lipinski definition) is 2. The van der Waals surface area contributed by atoms with E-state index in [2.05, 4.69) is 10.6 Å². The van der Waals surface area contributed by atoms with Crippen molar-refractivity contribution in [2.75, 3.05) is 32.6 Å². The molecule has 0 radical (unpaired) electrons. The van der Waals surface area contributed by atoms with Crippen molar-refractivity contribution in [2.45, 2.75) is 18.5 Å². The number of carbonyl (C=O) groups is 2. The molecule has 0 bridgehead atoms. The Kier molecular flexibility index (Phi) is 5.73. The van der Waals surface area contributed by atoms with Crippen LogP contribution in [0.2, 0.25) is 5.02 Å². The number of nitrogens with one attached hydrogen (secondary N) is 2. The third kappa shape index (κ3) is 4.29. The van der Waals surface area contributed by atoms with Gasteiger partial charge in [0.15, 0.2) is 0 Å². The van der Waals surface area contributed by atoms with E-state index < -0.39 is 5.66 Å². The molecular formula is C22H23ClN4O4. The van der Waals surface area contributed by atoms with Crippen molar-refractivity contribution in [3.05, 3.63) is 53.1 Å². The summed E-state index contributed by atoms with van der Waals surface area (Å²) in [6.45, 7) is 0.898. The summed E-state index contributed by atoms with van der Waals surface area (Å²) in [7, 11) is 3.10. The number of likely N-dealkylation sites (tertiary alicyclic amines) is 1. The maximum absolute atomic E-state index is 12.8. The molecule has 162 valence electrons. The lowest BCUT2D eigenvalue weighted by Gasteiger charge is -2.37. The smallest absolute Gasteiger partial charge is 0.321 e. The molecule has 1 spiro atoms. The molecule has 2 aliphatic heterocycles. The number of piperidine rings is 1. The molecule has 0 saturated carbocycles. The first-order chi connectivity index (χ1) is 14.9. The molecule has 2 aliphatic rings. The fraction of sp³-hybridized carbons (Fsp3) is 0.318. The van der Waals surface area contributed by atoms with Crippen LogP contribution in [-0.2, 0) is 4.79 Å². The SMILES string of the molecule is COc1ccc(OC)c(NC(=O)N2CCC3(CC2)N=C(c2cccc(Cl)c2)C(=O)N3)c1. The number of hydrogen-bond acceptors (Lipinski definition) is 5. The first-order valence-electron chi connectivity index (χ1n) is 9.89. The maximum atomic E-state index is 12.8. The number of nitrogens with zero attached hydrogens (tertiary/aromatic N) is 2. The zero-order valence-corrected chi connectivity index (χ0v) is 18.0. The normalized spacial score (nSPS) is 17.2. The van der Waals surface area contributed by atoms with E-state index in [1.54, 1.807) is 55.5 Å². The number of ether oxygens (including phenoxy) is 2. The Morgan fingerprint density at radius 3 is 2.61 bits per heavy atom. The van der Waals surface area contributed by atoms with E-state index in [1.165, 1.54) is 0 Å². The van der Waals surface area contributed by atoms with Crippen LogP contribution in [0.25, 0.3) is 0 Å². The zero-order valence-electron chi connectivity index (χ0n) is 17.3. The van der Waals surface area contributed by atoms with Crippen molar-refractivity contribution in [1.29, 1.82) is 0 Å². The second kappa shape index (κ2) is 8.47. The molecule has 1 fully saturated rings. The summed E-state index contributed by atoms with van der Waals surface area (Å²) in [5.41, 5.74) is 0.898. The Labute approximate surface area is 185 Å². The van der Waals surface area contributed by atoms with Gasteiger partial charge >= 0.3 is 6.03 Å². The summed E-state index contributed by atoms with van der Waals surface area (Å²) >= 11 is 6.05. The molecule has 3 amide bonds. The molecule has 0 aliphatic carbocycles. The molecule has 0 unspecified atom stereocenters. The summed E-state index contributed by atoms with van der Waals surface area (Å²) in [6.07, 6.45) is 1.04. The second-order valence-corrected chi connectivity index (χ2v) is 7.88. The molecule has 31 heavy (non-hydrogen) atoms. The Morgan fingerprint density at radius 1 is 1.16 bits per heavy atom. The van der Waals surface area contributed by atoms with Crippen molar-refractivity contribution in [3.8, 4) is 11.5 Å². The highest BCUT2D eigenvalue weighted by Crippen LogP contribution is 2.32. The fourth-order valence-corrected chi connectivity index (χ4v) is 4.01. The van der Waals surface area contributed by atoms with Gasteiger partial charge in [-0.25, -0.2) is 4.79 Å².